The molecule has 3 aromatic rings. The third-order valence-corrected chi connectivity index (χ3v) is 3.33. The first-order chi connectivity index (χ1) is 9.99. The Kier molecular flexibility index (Phi) is 3.17. The molecule has 0 saturated heterocycles. The lowest BCUT2D eigenvalue weighted by atomic mass is 9.98. The molecule has 0 amide bonds. The number of nitrogens with one attached hydrogen (secondary N) is 1. The van der Waals surface area contributed by atoms with Crippen LogP contribution in [0.1, 0.15) is 11.1 Å². The second kappa shape index (κ2) is 4.89. The summed E-state index contributed by atoms with van der Waals surface area (Å²) in [5, 5.41) is 16.0. The monoisotopic (exact) mass is 292 g/mol. The van der Waals surface area contributed by atoms with Gasteiger partial charge in [-0.15, -0.1) is 0 Å². The highest BCUT2D eigenvalue weighted by Gasteiger charge is 2.31. The molecule has 0 spiro atoms. The Morgan fingerprint density at radius 1 is 1.10 bits per heavy atom. The van der Waals surface area contributed by atoms with E-state index in [9.17, 15) is 13.2 Å². The van der Waals surface area contributed by atoms with Gasteiger partial charge >= 0.3 is 6.18 Å². The molecule has 2 N–H and O–H groups in total. The predicted octanol–water partition coefficient (Wildman–Crippen LogP) is 3.74. The molecule has 0 unspecified atom stereocenters. The lowest BCUT2D eigenvalue weighted by Gasteiger charge is -2.11. The molecule has 0 bridgehead atoms. The van der Waals surface area contributed by atoms with Gasteiger partial charge in [0, 0.05) is 5.39 Å². The van der Waals surface area contributed by atoms with Crippen molar-refractivity contribution in [3.8, 4) is 11.1 Å². The fourth-order valence-corrected chi connectivity index (χ4v) is 2.24. The van der Waals surface area contributed by atoms with Crippen LogP contribution in [0.4, 0.5) is 13.2 Å². The summed E-state index contributed by atoms with van der Waals surface area (Å²) in [6.07, 6.45) is -2.91. The van der Waals surface area contributed by atoms with Gasteiger partial charge < -0.3 is 5.11 Å². The molecule has 0 fully saturated rings. The molecule has 0 aliphatic carbocycles. The topological polar surface area (TPSA) is 48.9 Å². The Balaban J connectivity index is 2.21. The molecule has 0 aliphatic heterocycles. The number of hydrogen-bond acceptors (Lipinski definition) is 2. The zero-order valence-electron chi connectivity index (χ0n) is 10.8. The van der Waals surface area contributed by atoms with Crippen LogP contribution in [0.15, 0.2) is 42.6 Å². The van der Waals surface area contributed by atoms with Gasteiger partial charge in [0.15, 0.2) is 0 Å². The Hall–Kier alpha value is -2.34. The van der Waals surface area contributed by atoms with Gasteiger partial charge in [-0.1, -0.05) is 24.3 Å². The van der Waals surface area contributed by atoms with Crippen LogP contribution in [-0.4, -0.2) is 15.3 Å². The minimum absolute atomic E-state index is 0.107. The number of H-pyrrole nitrogens is 1. The summed E-state index contributed by atoms with van der Waals surface area (Å²) in [5.41, 5.74) is 1.42. The summed E-state index contributed by atoms with van der Waals surface area (Å²) in [7, 11) is 0. The van der Waals surface area contributed by atoms with Crippen LogP contribution in [0.5, 0.6) is 0 Å². The highest BCUT2D eigenvalue weighted by atomic mass is 19.4. The van der Waals surface area contributed by atoms with Crippen LogP contribution in [0, 0.1) is 0 Å². The molecule has 0 saturated carbocycles. The van der Waals surface area contributed by atoms with Crippen LogP contribution in [0.2, 0.25) is 0 Å². The van der Waals surface area contributed by atoms with Crippen molar-refractivity contribution in [2.45, 2.75) is 12.8 Å². The van der Waals surface area contributed by atoms with E-state index in [-0.39, 0.29) is 6.61 Å². The molecule has 0 atom stereocenters. The lowest BCUT2D eigenvalue weighted by Crippen LogP contribution is -2.05. The highest BCUT2D eigenvalue weighted by molar-refractivity contribution is 5.95. The van der Waals surface area contributed by atoms with Gasteiger partial charge in [-0.2, -0.15) is 18.3 Å². The number of aromatic amines is 1. The highest BCUT2D eigenvalue weighted by Crippen LogP contribution is 2.36. The number of aliphatic hydroxyl groups is 1. The minimum atomic E-state index is -4.42. The van der Waals surface area contributed by atoms with E-state index in [0.717, 1.165) is 12.1 Å². The predicted molar refractivity (Wildman–Crippen MR) is 72.5 cm³/mol. The first-order valence-electron chi connectivity index (χ1n) is 6.23. The molecule has 0 radical (unpaired) electrons. The maximum absolute atomic E-state index is 13.0. The van der Waals surface area contributed by atoms with Gasteiger partial charge in [-0.3, -0.25) is 5.10 Å². The number of halogens is 3. The van der Waals surface area contributed by atoms with E-state index in [2.05, 4.69) is 10.2 Å². The molecular formula is C15H11F3N2O. The molecule has 3 nitrogen and oxygen atoms in total. The molecule has 1 heterocycles. The van der Waals surface area contributed by atoms with Crippen molar-refractivity contribution in [2.75, 3.05) is 0 Å². The van der Waals surface area contributed by atoms with Gasteiger partial charge in [0.1, 0.15) is 0 Å². The van der Waals surface area contributed by atoms with E-state index in [0.29, 0.717) is 27.6 Å². The number of aromatic nitrogens is 2. The Bertz CT molecular complexity index is 776. The van der Waals surface area contributed by atoms with Crippen LogP contribution >= 0.6 is 0 Å². The smallest absolute Gasteiger partial charge is 0.392 e. The summed E-state index contributed by atoms with van der Waals surface area (Å²) in [5.74, 6) is 0. The third-order valence-electron chi connectivity index (χ3n) is 3.33. The number of rotatable bonds is 2. The molecule has 21 heavy (non-hydrogen) atoms. The largest absolute Gasteiger partial charge is 0.416 e. The summed E-state index contributed by atoms with van der Waals surface area (Å²) < 4.78 is 38.9. The molecule has 2 aromatic carbocycles. The summed E-state index contributed by atoms with van der Waals surface area (Å²) >= 11 is 0. The fraction of sp³-hybridized carbons (Fsp3) is 0.133. The second-order valence-electron chi connectivity index (χ2n) is 4.71. The third kappa shape index (κ3) is 2.50. The molecule has 6 heteroatoms. The zero-order chi connectivity index (χ0) is 15.0. The standard InChI is InChI=1S/C15H11F3N2O/c16-15(17,18)11-5-12(13-7-19-20-14(13)6-11)10-3-1-9(8-21)2-4-10/h1-7,21H,8H2,(H,19,20). The molecule has 3 rings (SSSR count). The van der Waals surface area contributed by atoms with Crippen molar-refractivity contribution in [1.82, 2.24) is 10.2 Å². The average molecular weight is 292 g/mol. The lowest BCUT2D eigenvalue weighted by molar-refractivity contribution is -0.137. The normalized spacial score (nSPS) is 12.0. The van der Waals surface area contributed by atoms with Crippen molar-refractivity contribution >= 4 is 10.9 Å². The van der Waals surface area contributed by atoms with Crippen molar-refractivity contribution in [2.24, 2.45) is 0 Å². The Morgan fingerprint density at radius 3 is 2.43 bits per heavy atom. The van der Waals surface area contributed by atoms with E-state index in [4.69, 9.17) is 5.11 Å². The minimum Gasteiger partial charge on any atom is -0.392 e. The quantitative estimate of drug-likeness (QED) is 0.756. The first kappa shape index (κ1) is 13.6. The van der Waals surface area contributed by atoms with Crippen molar-refractivity contribution in [3.63, 3.8) is 0 Å². The Morgan fingerprint density at radius 2 is 1.81 bits per heavy atom. The summed E-state index contributed by atoms with van der Waals surface area (Å²) in [6.45, 7) is -0.107. The van der Waals surface area contributed by atoms with Gasteiger partial charge in [0.05, 0.1) is 23.9 Å². The molecule has 1 aromatic heterocycles. The van der Waals surface area contributed by atoms with E-state index in [1.54, 1.807) is 24.3 Å². The first-order valence-corrected chi connectivity index (χ1v) is 6.23. The second-order valence-corrected chi connectivity index (χ2v) is 4.71. The van der Waals surface area contributed by atoms with Gasteiger partial charge in [0.25, 0.3) is 0 Å². The van der Waals surface area contributed by atoms with Crippen LogP contribution in [-0.2, 0) is 12.8 Å². The summed E-state index contributed by atoms with van der Waals surface area (Å²) in [6, 6.07) is 8.91. The molecule has 108 valence electrons. The fourth-order valence-electron chi connectivity index (χ4n) is 2.24. The number of alkyl halides is 3. The van der Waals surface area contributed by atoms with Crippen molar-refractivity contribution < 1.29 is 18.3 Å². The molecular weight excluding hydrogens is 281 g/mol. The van der Waals surface area contributed by atoms with Gasteiger partial charge in [-0.05, 0) is 28.8 Å². The van der Waals surface area contributed by atoms with E-state index < -0.39 is 11.7 Å². The van der Waals surface area contributed by atoms with Gasteiger partial charge in [-0.25, -0.2) is 0 Å². The number of aliphatic hydroxyl groups excluding tert-OH is 1. The maximum Gasteiger partial charge on any atom is 0.416 e. The van der Waals surface area contributed by atoms with Crippen LogP contribution in [0.25, 0.3) is 22.0 Å². The zero-order valence-corrected chi connectivity index (χ0v) is 10.8. The SMILES string of the molecule is OCc1ccc(-c2cc(C(F)(F)F)cc3[nH]ncc23)cc1. The van der Waals surface area contributed by atoms with Crippen LogP contribution in [0.3, 0.4) is 0 Å². The van der Waals surface area contributed by atoms with Crippen molar-refractivity contribution in [1.29, 1.82) is 0 Å². The molecule has 0 aliphatic rings. The maximum atomic E-state index is 13.0. The average Bonchev–Trinajstić information content (AvgIpc) is 2.94. The number of fused-ring (bicyclic) bond motifs is 1. The van der Waals surface area contributed by atoms with E-state index in [1.165, 1.54) is 6.20 Å². The van der Waals surface area contributed by atoms with E-state index in [1.807, 2.05) is 0 Å². The van der Waals surface area contributed by atoms with E-state index >= 15 is 0 Å². The van der Waals surface area contributed by atoms with Crippen molar-refractivity contribution in [3.05, 3.63) is 53.7 Å². The summed E-state index contributed by atoms with van der Waals surface area (Å²) in [4.78, 5) is 0. The van der Waals surface area contributed by atoms with Crippen LogP contribution < -0.4 is 0 Å². The number of nitrogens with zero attached hydrogens (tertiary/aromatic N) is 1. The number of hydrogen-bond donors (Lipinski definition) is 2. The number of benzene rings is 2. The van der Waals surface area contributed by atoms with Gasteiger partial charge in [0.2, 0.25) is 0 Å². The Labute approximate surface area is 118 Å².